The fourth-order valence-corrected chi connectivity index (χ4v) is 2.35. The summed E-state index contributed by atoms with van der Waals surface area (Å²) in [7, 11) is 0. The van der Waals surface area contributed by atoms with Crippen LogP contribution in [0, 0.1) is 5.92 Å². The molecule has 2 N–H and O–H groups in total. The maximum atomic E-state index is 12.9. The normalized spacial score (nSPS) is 38.4. The van der Waals surface area contributed by atoms with Crippen LogP contribution in [0.1, 0.15) is 32.6 Å². The summed E-state index contributed by atoms with van der Waals surface area (Å²) in [4.78, 5) is 11.7. The smallest absolute Gasteiger partial charge is 0.248 e. The van der Waals surface area contributed by atoms with Gasteiger partial charge in [-0.05, 0) is 25.7 Å². The van der Waals surface area contributed by atoms with Crippen LogP contribution in [0.4, 0.5) is 8.78 Å². The summed E-state index contributed by atoms with van der Waals surface area (Å²) in [6.45, 7) is 2.10. The molecule has 92 valence electrons. The van der Waals surface area contributed by atoms with Gasteiger partial charge < -0.3 is 10.5 Å². The van der Waals surface area contributed by atoms with Crippen molar-refractivity contribution >= 4 is 5.78 Å². The number of carbonyl (C=O) groups excluding carboxylic acids is 1. The molecular weight excluding hydrogens is 216 g/mol. The predicted octanol–water partition coefficient (Wildman–Crippen LogP) is 1.50. The van der Waals surface area contributed by atoms with Crippen LogP contribution in [0.15, 0.2) is 0 Å². The van der Waals surface area contributed by atoms with Crippen LogP contribution in [-0.2, 0) is 9.53 Å². The third-order valence-corrected chi connectivity index (χ3v) is 3.53. The Bertz CT molecular complexity index is 302. The number of hydrogen-bond acceptors (Lipinski definition) is 3. The van der Waals surface area contributed by atoms with Crippen LogP contribution in [-0.4, -0.2) is 30.0 Å². The summed E-state index contributed by atoms with van der Waals surface area (Å²) in [5.41, 5.74) is 5.00. The molecule has 1 saturated carbocycles. The lowest BCUT2D eigenvalue weighted by atomic mass is 9.91. The van der Waals surface area contributed by atoms with Crippen molar-refractivity contribution in [3.05, 3.63) is 0 Å². The number of alkyl halides is 2. The molecule has 0 aromatic rings. The number of rotatable bonds is 4. The fraction of sp³-hybridized carbons (Fsp3) is 0.909. The fourth-order valence-electron chi connectivity index (χ4n) is 2.35. The Hall–Kier alpha value is -0.550. The van der Waals surface area contributed by atoms with Crippen molar-refractivity contribution in [2.24, 2.45) is 11.7 Å². The van der Waals surface area contributed by atoms with Crippen LogP contribution in [0.25, 0.3) is 0 Å². The zero-order valence-corrected chi connectivity index (χ0v) is 9.34. The molecule has 2 unspecified atom stereocenters. The van der Waals surface area contributed by atoms with E-state index in [-0.39, 0.29) is 24.5 Å². The molecule has 3 atom stereocenters. The van der Waals surface area contributed by atoms with Crippen molar-refractivity contribution in [3.8, 4) is 0 Å². The second-order valence-electron chi connectivity index (χ2n) is 5.19. The van der Waals surface area contributed by atoms with Crippen LogP contribution < -0.4 is 5.73 Å². The van der Waals surface area contributed by atoms with Crippen molar-refractivity contribution in [1.82, 2.24) is 0 Å². The van der Waals surface area contributed by atoms with Crippen LogP contribution in [0.2, 0.25) is 0 Å². The molecule has 5 heteroatoms. The third kappa shape index (κ3) is 2.40. The van der Waals surface area contributed by atoms with E-state index in [1.165, 1.54) is 0 Å². The first-order valence-corrected chi connectivity index (χ1v) is 5.64. The van der Waals surface area contributed by atoms with E-state index in [2.05, 4.69) is 0 Å². The van der Waals surface area contributed by atoms with E-state index in [0.717, 1.165) is 0 Å². The Labute approximate surface area is 93.3 Å². The number of hydrogen-bond donors (Lipinski definition) is 1. The van der Waals surface area contributed by atoms with Gasteiger partial charge in [-0.3, -0.25) is 4.79 Å². The molecule has 0 amide bonds. The zero-order valence-electron chi connectivity index (χ0n) is 9.34. The number of carbonyl (C=O) groups is 1. The molecule has 2 aliphatic rings. The highest BCUT2D eigenvalue weighted by Gasteiger charge is 2.50. The van der Waals surface area contributed by atoms with E-state index in [0.29, 0.717) is 19.4 Å². The molecule has 0 radical (unpaired) electrons. The average Bonchev–Trinajstić information content (AvgIpc) is 2.84. The van der Waals surface area contributed by atoms with E-state index < -0.39 is 17.6 Å². The standard InChI is InChI=1S/C11H17F2NO2/c1-10(6-16-10)9(15)8(14)4-7-2-3-11(12,13)5-7/h7-8H,2-6,14H2,1H3/t7-,8?,10?/m1/s1. The van der Waals surface area contributed by atoms with E-state index in [4.69, 9.17) is 10.5 Å². The van der Waals surface area contributed by atoms with Crippen LogP contribution in [0.3, 0.4) is 0 Å². The zero-order chi connectivity index (χ0) is 12.0. The summed E-state index contributed by atoms with van der Waals surface area (Å²) < 4.78 is 30.9. The summed E-state index contributed by atoms with van der Waals surface area (Å²) >= 11 is 0. The van der Waals surface area contributed by atoms with Crippen LogP contribution in [0.5, 0.6) is 0 Å². The van der Waals surface area contributed by atoms with Gasteiger partial charge in [0.05, 0.1) is 12.6 Å². The Morgan fingerprint density at radius 3 is 2.69 bits per heavy atom. The Kier molecular flexibility index (Phi) is 2.78. The molecule has 1 aliphatic heterocycles. The molecule has 1 saturated heterocycles. The van der Waals surface area contributed by atoms with E-state index >= 15 is 0 Å². The van der Waals surface area contributed by atoms with Gasteiger partial charge in [-0.2, -0.15) is 0 Å². The lowest BCUT2D eigenvalue weighted by molar-refractivity contribution is -0.125. The second kappa shape index (κ2) is 3.74. The number of ketones is 1. The molecule has 0 spiro atoms. The Balaban J connectivity index is 1.84. The molecule has 1 aliphatic carbocycles. The minimum atomic E-state index is -2.56. The minimum Gasteiger partial charge on any atom is -0.362 e. The number of ether oxygens (including phenoxy) is 1. The topological polar surface area (TPSA) is 55.6 Å². The molecular formula is C11H17F2NO2. The average molecular weight is 233 g/mol. The van der Waals surface area contributed by atoms with E-state index in [1.807, 2.05) is 0 Å². The monoisotopic (exact) mass is 233 g/mol. The second-order valence-corrected chi connectivity index (χ2v) is 5.19. The summed E-state index contributed by atoms with van der Waals surface area (Å²) in [5, 5.41) is 0. The van der Waals surface area contributed by atoms with Crippen molar-refractivity contribution in [1.29, 1.82) is 0 Å². The molecule has 1 heterocycles. The Morgan fingerprint density at radius 2 is 2.25 bits per heavy atom. The maximum Gasteiger partial charge on any atom is 0.248 e. The van der Waals surface area contributed by atoms with Crippen LogP contribution >= 0.6 is 0 Å². The molecule has 0 aromatic carbocycles. The minimum absolute atomic E-state index is 0.0770. The summed E-state index contributed by atoms with van der Waals surface area (Å²) in [6, 6.07) is -0.661. The van der Waals surface area contributed by atoms with Gasteiger partial charge in [0, 0.05) is 12.8 Å². The molecule has 0 aromatic heterocycles. The number of nitrogens with two attached hydrogens (primary N) is 1. The number of halogens is 2. The Morgan fingerprint density at radius 1 is 1.62 bits per heavy atom. The van der Waals surface area contributed by atoms with Gasteiger partial charge in [0.2, 0.25) is 5.92 Å². The highest BCUT2D eigenvalue weighted by atomic mass is 19.3. The van der Waals surface area contributed by atoms with Gasteiger partial charge >= 0.3 is 0 Å². The summed E-state index contributed by atoms with van der Waals surface area (Å²) in [5.74, 6) is -2.84. The lowest BCUT2D eigenvalue weighted by Gasteiger charge is -2.17. The third-order valence-electron chi connectivity index (χ3n) is 3.53. The van der Waals surface area contributed by atoms with E-state index in [1.54, 1.807) is 6.92 Å². The van der Waals surface area contributed by atoms with Crippen molar-refractivity contribution < 1.29 is 18.3 Å². The van der Waals surface area contributed by atoms with Gasteiger partial charge in [0.1, 0.15) is 5.60 Å². The summed E-state index contributed by atoms with van der Waals surface area (Å²) in [6.07, 6.45) is 0.608. The van der Waals surface area contributed by atoms with Crippen molar-refractivity contribution in [2.45, 2.75) is 50.2 Å². The van der Waals surface area contributed by atoms with Crippen molar-refractivity contribution in [3.63, 3.8) is 0 Å². The number of Topliss-reactive ketones (excluding diaryl/α,β-unsaturated/α-hetero) is 1. The molecule has 2 fully saturated rings. The molecule has 3 nitrogen and oxygen atoms in total. The number of epoxide rings is 1. The van der Waals surface area contributed by atoms with Gasteiger partial charge in [0.25, 0.3) is 0 Å². The quantitative estimate of drug-likeness (QED) is 0.748. The van der Waals surface area contributed by atoms with Crippen molar-refractivity contribution in [2.75, 3.05) is 6.61 Å². The first-order valence-electron chi connectivity index (χ1n) is 5.64. The van der Waals surface area contributed by atoms with Gasteiger partial charge in [-0.1, -0.05) is 0 Å². The largest absolute Gasteiger partial charge is 0.362 e. The van der Waals surface area contributed by atoms with Gasteiger partial charge in [0.15, 0.2) is 5.78 Å². The highest BCUT2D eigenvalue weighted by Crippen LogP contribution is 2.41. The molecule has 0 bridgehead atoms. The maximum absolute atomic E-state index is 12.9. The first kappa shape index (κ1) is 11.9. The SMILES string of the molecule is CC1(C(=O)C(N)C[C@H]2CCC(F)(F)C2)CO1. The van der Waals surface area contributed by atoms with E-state index in [9.17, 15) is 13.6 Å². The van der Waals surface area contributed by atoms with Gasteiger partial charge in [-0.25, -0.2) is 8.78 Å². The molecule has 2 rings (SSSR count). The predicted molar refractivity (Wildman–Crippen MR) is 54.2 cm³/mol. The highest BCUT2D eigenvalue weighted by molar-refractivity contribution is 5.93. The first-order chi connectivity index (χ1) is 7.32. The lowest BCUT2D eigenvalue weighted by Crippen LogP contribution is -2.40. The van der Waals surface area contributed by atoms with Gasteiger partial charge in [-0.15, -0.1) is 0 Å². The molecule has 16 heavy (non-hydrogen) atoms.